The third kappa shape index (κ3) is 6.52. The Morgan fingerprint density at radius 3 is 1.48 bits per heavy atom. The molecule has 2 aliphatic carbocycles. The molecule has 1 heteroatoms. The van der Waals surface area contributed by atoms with Gasteiger partial charge in [0.25, 0.3) is 0 Å². The minimum absolute atomic E-state index is 0.0604. The largest absolute Gasteiger partial charge is 0.310 e. The van der Waals surface area contributed by atoms with Crippen LogP contribution in [0.3, 0.4) is 0 Å². The first-order chi connectivity index (χ1) is 33.7. The summed E-state index contributed by atoms with van der Waals surface area (Å²) in [6.07, 6.45) is 0. The van der Waals surface area contributed by atoms with Crippen molar-refractivity contribution in [1.82, 2.24) is 0 Å². The second kappa shape index (κ2) is 15.7. The highest BCUT2D eigenvalue weighted by Crippen LogP contribution is 2.53. The number of fused-ring (bicyclic) bond motifs is 9. The van der Waals surface area contributed by atoms with E-state index in [1.807, 2.05) is 0 Å². The molecule has 11 aromatic rings. The maximum absolute atomic E-state index is 2.47. The van der Waals surface area contributed by atoms with E-state index >= 15 is 0 Å². The summed E-state index contributed by atoms with van der Waals surface area (Å²) in [6.45, 7) is 9.52. The van der Waals surface area contributed by atoms with E-state index in [1.165, 1.54) is 111 Å². The molecular formula is C68H51N. The van der Waals surface area contributed by atoms with Crippen LogP contribution in [-0.4, -0.2) is 0 Å². The van der Waals surface area contributed by atoms with Crippen LogP contribution in [0.4, 0.5) is 17.1 Å². The first-order valence-corrected chi connectivity index (χ1v) is 24.3. The number of hydrogen-bond acceptors (Lipinski definition) is 1. The van der Waals surface area contributed by atoms with Gasteiger partial charge in [-0.3, -0.25) is 0 Å². The van der Waals surface area contributed by atoms with Crippen LogP contribution in [0.1, 0.15) is 49.9 Å². The van der Waals surface area contributed by atoms with Gasteiger partial charge in [-0.2, -0.15) is 0 Å². The van der Waals surface area contributed by atoms with Gasteiger partial charge in [-0.25, -0.2) is 0 Å². The Hall–Kier alpha value is -8.26. The van der Waals surface area contributed by atoms with Crippen molar-refractivity contribution in [2.45, 2.75) is 38.5 Å². The lowest BCUT2D eigenvalue weighted by molar-refractivity contribution is 0.660. The molecule has 0 unspecified atom stereocenters. The van der Waals surface area contributed by atoms with Gasteiger partial charge in [-0.15, -0.1) is 0 Å². The maximum Gasteiger partial charge on any atom is 0.0540 e. The molecule has 328 valence electrons. The number of nitrogens with zero attached hydrogens (tertiary/aromatic N) is 1. The van der Waals surface area contributed by atoms with Crippen LogP contribution in [0.5, 0.6) is 0 Å². The van der Waals surface area contributed by atoms with Gasteiger partial charge in [0.2, 0.25) is 0 Å². The summed E-state index contributed by atoms with van der Waals surface area (Å²) in [4.78, 5) is 2.47. The van der Waals surface area contributed by atoms with E-state index in [0.717, 1.165) is 17.1 Å². The summed E-state index contributed by atoms with van der Waals surface area (Å²) in [5.41, 5.74) is 23.6. The summed E-state index contributed by atoms with van der Waals surface area (Å²) >= 11 is 0. The van der Waals surface area contributed by atoms with Crippen molar-refractivity contribution >= 4 is 38.6 Å². The van der Waals surface area contributed by atoms with Crippen LogP contribution in [0.25, 0.3) is 88.3 Å². The first kappa shape index (κ1) is 41.0. The molecule has 0 amide bonds. The van der Waals surface area contributed by atoms with E-state index in [9.17, 15) is 0 Å². The van der Waals surface area contributed by atoms with Crippen molar-refractivity contribution in [1.29, 1.82) is 0 Å². The Morgan fingerprint density at radius 1 is 0.261 bits per heavy atom. The zero-order valence-electron chi connectivity index (χ0n) is 39.5. The lowest BCUT2D eigenvalue weighted by atomic mass is 9.81. The van der Waals surface area contributed by atoms with Crippen LogP contribution in [0.15, 0.2) is 237 Å². The molecule has 0 heterocycles. The lowest BCUT2D eigenvalue weighted by Gasteiger charge is -2.30. The zero-order valence-corrected chi connectivity index (χ0v) is 39.5. The monoisotopic (exact) mass is 881 g/mol. The van der Waals surface area contributed by atoms with Crippen LogP contribution < -0.4 is 4.90 Å². The maximum atomic E-state index is 2.47. The van der Waals surface area contributed by atoms with Crippen molar-refractivity contribution in [3.63, 3.8) is 0 Å². The van der Waals surface area contributed by atoms with E-state index in [-0.39, 0.29) is 10.8 Å². The van der Waals surface area contributed by atoms with E-state index in [1.54, 1.807) is 0 Å². The van der Waals surface area contributed by atoms with Gasteiger partial charge >= 0.3 is 0 Å². The quantitative estimate of drug-likeness (QED) is 0.144. The fraction of sp³-hybridized carbons (Fsp3) is 0.0882. The predicted octanol–water partition coefficient (Wildman–Crippen LogP) is 18.7. The molecule has 0 atom stereocenters. The summed E-state index contributed by atoms with van der Waals surface area (Å²) in [5, 5.41) is 5.14. The first-order valence-electron chi connectivity index (χ1n) is 24.3. The lowest BCUT2D eigenvalue weighted by Crippen LogP contribution is -2.17. The topological polar surface area (TPSA) is 3.24 Å². The van der Waals surface area contributed by atoms with Gasteiger partial charge in [-0.05, 0) is 154 Å². The minimum atomic E-state index is -0.243. The number of rotatable bonds is 7. The molecule has 2 aliphatic rings. The van der Waals surface area contributed by atoms with Gasteiger partial charge in [0.05, 0.1) is 5.69 Å². The molecule has 0 saturated heterocycles. The number of benzene rings is 11. The fourth-order valence-electron chi connectivity index (χ4n) is 11.8. The molecule has 0 N–H and O–H groups in total. The molecule has 0 aliphatic heterocycles. The van der Waals surface area contributed by atoms with Crippen LogP contribution in [-0.2, 0) is 10.8 Å². The van der Waals surface area contributed by atoms with Crippen LogP contribution in [0, 0.1) is 0 Å². The number of para-hydroxylation sites is 1. The third-order valence-corrected chi connectivity index (χ3v) is 15.5. The molecule has 0 saturated carbocycles. The molecule has 0 spiro atoms. The van der Waals surface area contributed by atoms with Crippen molar-refractivity contribution in [2.75, 3.05) is 4.90 Å². The third-order valence-electron chi connectivity index (χ3n) is 15.5. The molecule has 0 fully saturated rings. The van der Waals surface area contributed by atoms with E-state index < -0.39 is 0 Å². The van der Waals surface area contributed by atoms with Crippen LogP contribution in [0.2, 0.25) is 0 Å². The van der Waals surface area contributed by atoms with E-state index in [2.05, 4.69) is 269 Å². The SMILES string of the molecule is CC1(C)c2ccccc2-c2ccc(-c3ccc(N(c4ccc5c(c4)C(C)(C)c4cc(-c6cc7ccccc7c7ccccc67)ccc4-5)c4ccccc4-c4ccc(-c5ccccc5)cc4)cc3)cc21. The average molecular weight is 882 g/mol. The van der Waals surface area contributed by atoms with Gasteiger partial charge in [0, 0.05) is 27.8 Å². The Kier molecular flexibility index (Phi) is 9.30. The molecular weight excluding hydrogens is 831 g/mol. The molecule has 13 rings (SSSR count). The summed E-state index contributed by atoms with van der Waals surface area (Å²) < 4.78 is 0. The van der Waals surface area contributed by atoms with E-state index in [0.29, 0.717) is 0 Å². The second-order valence-corrected chi connectivity index (χ2v) is 20.1. The molecule has 1 nitrogen and oxygen atoms in total. The van der Waals surface area contributed by atoms with Crippen molar-refractivity contribution in [2.24, 2.45) is 0 Å². The van der Waals surface area contributed by atoms with Crippen molar-refractivity contribution < 1.29 is 0 Å². The minimum Gasteiger partial charge on any atom is -0.310 e. The highest BCUT2D eigenvalue weighted by molar-refractivity contribution is 6.14. The Balaban J connectivity index is 0.921. The summed E-state index contributed by atoms with van der Waals surface area (Å²) in [5.74, 6) is 0. The molecule has 69 heavy (non-hydrogen) atoms. The predicted molar refractivity (Wildman–Crippen MR) is 293 cm³/mol. The van der Waals surface area contributed by atoms with Gasteiger partial charge in [-0.1, -0.05) is 216 Å². The molecule has 0 radical (unpaired) electrons. The average Bonchev–Trinajstić information content (AvgIpc) is 3.77. The standard InChI is InChI=1S/C68H51N/c1-67(2)62-24-14-12-23-57(62)58-37-32-48(41-63(58)67)46-30-34-51(35-31-46)69(66-25-15-13-20-54(66)47-28-26-45(27-29-47)44-16-6-5-7-17-44)52-36-39-60-59-38-33-50(42-64(59)68(3,4)65(60)43-52)61-40-49-18-8-9-19-53(49)55-21-10-11-22-56(55)61/h5-43H,1-4H3. The van der Waals surface area contributed by atoms with Gasteiger partial charge < -0.3 is 4.90 Å². The van der Waals surface area contributed by atoms with Crippen LogP contribution >= 0.6 is 0 Å². The van der Waals surface area contributed by atoms with E-state index in [4.69, 9.17) is 0 Å². The Labute approximate surface area is 405 Å². The Morgan fingerprint density at radius 2 is 0.725 bits per heavy atom. The van der Waals surface area contributed by atoms with Gasteiger partial charge in [0.1, 0.15) is 0 Å². The zero-order chi connectivity index (χ0) is 46.4. The highest BCUT2D eigenvalue weighted by Gasteiger charge is 2.37. The Bertz CT molecular complexity index is 3820. The summed E-state index contributed by atoms with van der Waals surface area (Å²) in [6, 6.07) is 88.1. The number of hydrogen-bond donors (Lipinski definition) is 0. The second-order valence-electron chi connectivity index (χ2n) is 20.1. The highest BCUT2D eigenvalue weighted by atomic mass is 15.1. The molecule has 0 bridgehead atoms. The molecule has 0 aromatic heterocycles. The smallest absolute Gasteiger partial charge is 0.0540 e. The normalized spacial score (nSPS) is 13.7. The molecule has 11 aromatic carbocycles. The fourth-order valence-corrected chi connectivity index (χ4v) is 11.8. The number of anilines is 3. The van der Waals surface area contributed by atoms with Crippen molar-refractivity contribution in [3.8, 4) is 66.8 Å². The van der Waals surface area contributed by atoms with Gasteiger partial charge in [0.15, 0.2) is 0 Å². The van der Waals surface area contributed by atoms with Crippen molar-refractivity contribution in [3.05, 3.63) is 259 Å². The summed E-state index contributed by atoms with van der Waals surface area (Å²) in [7, 11) is 0.